The van der Waals surface area contributed by atoms with E-state index in [1.165, 1.54) is 0 Å². The van der Waals surface area contributed by atoms with Crippen LogP contribution in [0.1, 0.15) is 22.5 Å². The van der Waals surface area contributed by atoms with Crippen molar-refractivity contribution in [3.63, 3.8) is 0 Å². The summed E-state index contributed by atoms with van der Waals surface area (Å²) in [5.74, 6) is 0.595. The molecule has 3 rings (SSSR count). The lowest BCUT2D eigenvalue weighted by molar-refractivity contribution is -0.123. The van der Waals surface area contributed by atoms with E-state index in [4.69, 9.17) is 4.74 Å². The minimum Gasteiger partial charge on any atom is -0.483 e. The van der Waals surface area contributed by atoms with Gasteiger partial charge in [-0.2, -0.15) is 0 Å². The Kier molecular flexibility index (Phi) is 4.51. The molecule has 0 aliphatic rings. The Bertz CT molecular complexity index is 883. The van der Waals surface area contributed by atoms with Crippen molar-refractivity contribution in [3.8, 4) is 5.75 Å². The van der Waals surface area contributed by atoms with Crippen LogP contribution in [-0.4, -0.2) is 21.9 Å². The Labute approximate surface area is 141 Å². The minimum atomic E-state index is -0.152. The molecule has 0 bridgehead atoms. The van der Waals surface area contributed by atoms with Crippen LogP contribution in [0, 0.1) is 20.8 Å². The average Bonchev–Trinajstić information content (AvgIpc) is 2.89. The molecule has 24 heavy (non-hydrogen) atoms. The zero-order valence-electron chi connectivity index (χ0n) is 14.2. The van der Waals surface area contributed by atoms with Crippen LogP contribution < -0.4 is 10.1 Å². The number of nitrogens with one attached hydrogen (secondary N) is 1. The molecule has 2 heterocycles. The molecule has 2 aromatic heterocycles. The summed E-state index contributed by atoms with van der Waals surface area (Å²) in [5, 5.41) is 2.90. The van der Waals surface area contributed by atoms with Crippen LogP contribution in [0.5, 0.6) is 5.75 Å². The number of pyridine rings is 1. The molecule has 1 amide bonds. The van der Waals surface area contributed by atoms with Crippen LogP contribution in [-0.2, 0) is 11.3 Å². The Hall–Kier alpha value is -2.82. The molecule has 0 saturated carbocycles. The van der Waals surface area contributed by atoms with Gasteiger partial charge in [0.15, 0.2) is 6.61 Å². The number of amides is 1. The number of fused-ring (bicyclic) bond motifs is 1. The second kappa shape index (κ2) is 6.74. The number of imidazole rings is 1. The maximum Gasteiger partial charge on any atom is 0.258 e. The molecule has 0 unspecified atom stereocenters. The molecule has 0 aliphatic heterocycles. The molecule has 3 aromatic rings. The van der Waals surface area contributed by atoms with Crippen molar-refractivity contribution < 1.29 is 9.53 Å². The highest BCUT2D eigenvalue weighted by molar-refractivity contribution is 5.77. The van der Waals surface area contributed by atoms with Crippen molar-refractivity contribution in [2.24, 2.45) is 0 Å². The van der Waals surface area contributed by atoms with E-state index in [1.54, 1.807) is 0 Å². The summed E-state index contributed by atoms with van der Waals surface area (Å²) in [6.45, 7) is 6.38. The number of carbonyl (C=O) groups excluding carboxylic acids is 1. The first-order chi connectivity index (χ1) is 11.6. The van der Waals surface area contributed by atoms with Crippen LogP contribution in [0.3, 0.4) is 0 Å². The monoisotopic (exact) mass is 323 g/mol. The first-order valence-corrected chi connectivity index (χ1v) is 7.94. The van der Waals surface area contributed by atoms with Crippen LogP contribution in [0.15, 0.2) is 42.6 Å². The topological polar surface area (TPSA) is 55.6 Å². The molecule has 5 heteroatoms. The number of ether oxygens (including phenoxy) is 1. The van der Waals surface area contributed by atoms with Gasteiger partial charge >= 0.3 is 0 Å². The summed E-state index contributed by atoms with van der Waals surface area (Å²) in [5.41, 5.74) is 4.98. The predicted octanol–water partition coefficient (Wildman–Crippen LogP) is 2.95. The maximum atomic E-state index is 12.1. The fourth-order valence-corrected chi connectivity index (χ4v) is 2.63. The first kappa shape index (κ1) is 16.1. The van der Waals surface area contributed by atoms with Gasteiger partial charge in [0.1, 0.15) is 11.4 Å². The Morgan fingerprint density at radius 3 is 2.83 bits per heavy atom. The van der Waals surface area contributed by atoms with Gasteiger partial charge in [0.05, 0.1) is 17.9 Å². The summed E-state index contributed by atoms with van der Waals surface area (Å²) in [7, 11) is 0. The van der Waals surface area contributed by atoms with Crippen molar-refractivity contribution in [2.45, 2.75) is 27.3 Å². The molecule has 0 saturated heterocycles. The van der Waals surface area contributed by atoms with Gasteiger partial charge < -0.3 is 14.5 Å². The fraction of sp³-hybridized carbons (Fsp3) is 0.263. The highest BCUT2D eigenvalue weighted by Gasteiger charge is 2.10. The molecular formula is C19H21N3O2. The van der Waals surface area contributed by atoms with E-state index >= 15 is 0 Å². The van der Waals surface area contributed by atoms with Gasteiger partial charge in [0, 0.05) is 6.20 Å². The van der Waals surface area contributed by atoms with E-state index in [0.717, 1.165) is 33.9 Å². The molecule has 0 spiro atoms. The maximum absolute atomic E-state index is 12.1. The van der Waals surface area contributed by atoms with Crippen molar-refractivity contribution in [3.05, 3.63) is 65.1 Å². The van der Waals surface area contributed by atoms with Crippen LogP contribution in [0.4, 0.5) is 0 Å². The fourth-order valence-electron chi connectivity index (χ4n) is 2.63. The number of nitrogens with zero attached hydrogens (tertiary/aromatic N) is 2. The predicted molar refractivity (Wildman–Crippen MR) is 93.2 cm³/mol. The van der Waals surface area contributed by atoms with Gasteiger partial charge in [-0.15, -0.1) is 0 Å². The lowest BCUT2D eigenvalue weighted by atomic mass is 10.1. The van der Waals surface area contributed by atoms with Gasteiger partial charge in [0.25, 0.3) is 5.91 Å². The van der Waals surface area contributed by atoms with Gasteiger partial charge in [0.2, 0.25) is 0 Å². The molecular weight excluding hydrogens is 302 g/mol. The van der Waals surface area contributed by atoms with Crippen molar-refractivity contribution in [1.29, 1.82) is 0 Å². The van der Waals surface area contributed by atoms with Crippen molar-refractivity contribution in [2.75, 3.05) is 6.61 Å². The molecule has 0 fully saturated rings. The Balaban J connectivity index is 1.61. The number of carbonyl (C=O) groups is 1. The van der Waals surface area contributed by atoms with Crippen molar-refractivity contribution >= 4 is 11.6 Å². The Morgan fingerprint density at radius 2 is 2.00 bits per heavy atom. The third kappa shape index (κ3) is 3.25. The summed E-state index contributed by atoms with van der Waals surface area (Å²) in [6.07, 6.45) is 1.95. The van der Waals surface area contributed by atoms with Gasteiger partial charge in [-0.05, 0) is 50.1 Å². The number of aryl methyl sites for hydroxylation is 2. The molecule has 0 atom stereocenters. The largest absolute Gasteiger partial charge is 0.483 e. The normalized spacial score (nSPS) is 10.8. The zero-order valence-corrected chi connectivity index (χ0v) is 14.2. The number of aromatic nitrogens is 2. The lowest BCUT2D eigenvalue weighted by Crippen LogP contribution is -2.29. The molecule has 124 valence electrons. The van der Waals surface area contributed by atoms with E-state index in [9.17, 15) is 4.79 Å². The van der Waals surface area contributed by atoms with E-state index in [2.05, 4.69) is 10.3 Å². The lowest BCUT2D eigenvalue weighted by Gasteiger charge is -2.11. The first-order valence-electron chi connectivity index (χ1n) is 7.94. The second-order valence-electron chi connectivity index (χ2n) is 5.84. The summed E-state index contributed by atoms with van der Waals surface area (Å²) >= 11 is 0. The van der Waals surface area contributed by atoms with E-state index in [-0.39, 0.29) is 12.5 Å². The third-order valence-corrected chi connectivity index (χ3v) is 4.20. The smallest absolute Gasteiger partial charge is 0.258 e. The standard InChI is InChI=1S/C19H21N3O2/c1-13-7-6-8-17(14(13)2)24-12-19(23)20-11-16-15(3)21-18-9-4-5-10-22(16)18/h4-10H,11-12H2,1-3H3,(H,20,23). The summed E-state index contributed by atoms with van der Waals surface area (Å²) in [4.78, 5) is 16.6. The summed E-state index contributed by atoms with van der Waals surface area (Å²) in [6, 6.07) is 11.7. The molecule has 5 nitrogen and oxygen atoms in total. The number of hydrogen-bond acceptors (Lipinski definition) is 3. The van der Waals surface area contributed by atoms with Crippen LogP contribution >= 0.6 is 0 Å². The highest BCUT2D eigenvalue weighted by atomic mass is 16.5. The van der Waals surface area contributed by atoms with Gasteiger partial charge in [-0.1, -0.05) is 18.2 Å². The quantitative estimate of drug-likeness (QED) is 0.785. The van der Waals surface area contributed by atoms with Gasteiger partial charge in [-0.3, -0.25) is 4.79 Å². The zero-order chi connectivity index (χ0) is 17.1. The minimum absolute atomic E-state index is 0.0000767. The van der Waals surface area contributed by atoms with E-state index in [0.29, 0.717) is 6.54 Å². The van der Waals surface area contributed by atoms with E-state index in [1.807, 2.05) is 67.8 Å². The molecule has 0 radical (unpaired) electrons. The third-order valence-electron chi connectivity index (χ3n) is 4.20. The summed E-state index contributed by atoms with van der Waals surface area (Å²) < 4.78 is 7.62. The molecule has 1 N–H and O–H groups in total. The highest BCUT2D eigenvalue weighted by Crippen LogP contribution is 2.20. The van der Waals surface area contributed by atoms with E-state index < -0.39 is 0 Å². The number of rotatable bonds is 5. The second-order valence-corrected chi connectivity index (χ2v) is 5.84. The average molecular weight is 323 g/mol. The van der Waals surface area contributed by atoms with Crippen LogP contribution in [0.2, 0.25) is 0 Å². The van der Waals surface area contributed by atoms with Crippen LogP contribution in [0.25, 0.3) is 5.65 Å². The van der Waals surface area contributed by atoms with Crippen molar-refractivity contribution in [1.82, 2.24) is 14.7 Å². The number of hydrogen-bond donors (Lipinski definition) is 1. The SMILES string of the molecule is Cc1cccc(OCC(=O)NCc2c(C)nc3ccccn23)c1C. The Morgan fingerprint density at radius 1 is 1.17 bits per heavy atom. The molecule has 1 aromatic carbocycles. The molecule has 0 aliphatic carbocycles. The number of benzene rings is 1. The van der Waals surface area contributed by atoms with Gasteiger partial charge in [-0.25, -0.2) is 4.98 Å².